The molecular formula is C20H23N5O3S. The Hall–Kier alpha value is -3.07. The van der Waals surface area contributed by atoms with Gasteiger partial charge in [-0.1, -0.05) is 17.3 Å². The zero-order valence-corrected chi connectivity index (χ0v) is 17.3. The molecule has 2 heterocycles. The molecule has 0 aliphatic rings. The zero-order chi connectivity index (χ0) is 20.8. The minimum atomic E-state index is -0.400. The van der Waals surface area contributed by atoms with Gasteiger partial charge in [-0.15, -0.1) is 11.8 Å². The molecule has 152 valence electrons. The van der Waals surface area contributed by atoms with Gasteiger partial charge in [-0.05, 0) is 38.5 Å². The molecule has 8 nitrogen and oxygen atoms in total. The van der Waals surface area contributed by atoms with Crippen LogP contribution in [0.25, 0.3) is 5.69 Å². The summed E-state index contributed by atoms with van der Waals surface area (Å²) < 4.78 is 6.83. The number of carbonyl (C=O) groups is 2. The van der Waals surface area contributed by atoms with Gasteiger partial charge in [0.05, 0.1) is 23.4 Å². The molecule has 29 heavy (non-hydrogen) atoms. The number of hydrogen-bond donors (Lipinski definition) is 2. The Labute approximate surface area is 173 Å². The lowest BCUT2D eigenvalue weighted by Gasteiger charge is -2.16. The SMILES string of the molecule is Cc1cc(NC(=O)C(C)SCC(=O)NC(C)c2ccc(-n3ccnc3)cc2)no1. The minimum Gasteiger partial charge on any atom is -0.360 e. The number of carbonyl (C=O) groups excluding carboxylic acids is 2. The number of aryl methyl sites for hydroxylation is 1. The molecule has 2 N–H and O–H groups in total. The Balaban J connectivity index is 1.45. The zero-order valence-electron chi connectivity index (χ0n) is 16.5. The van der Waals surface area contributed by atoms with E-state index in [-0.39, 0.29) is 23.6 Å². The van der Waals surface area contributed by atoms with E-state index in [1.54, 1.807) is 32.4 Å². The maximum Gasteiger partial charge on any atom is 0.238 e. The first-order valence-corrected chi connectivity index (χ1v) is 10.2. The highest BCUT2D eigenvalue weighted by atomic mass is 32.2. The van der Waals surface area contributed by atoms with E-state index >= 15 is 0 Å². The predicted octanol–water partition coefficient (Wildman–Crippen LogP) is 3.11. The number of benzene rings is 1. The normalized spacial score (nSPS) is 12.9. The van der Waals surface area contributed by atoms with E-state index in [4.69, 9.17) is 4.52 Å². The number of imidazole rings is 1. The van der Waals surface area contributed by atoms with Crippen molar-refractivity contribution in [3.05, 3.63) is 60.4 Å². The van der Waals surface area contributed by atoms with Gasteiger partial charge in [-0.3, -0.25) is 9.59 Å². The second kappa shape index (κ2) is 9.42. The number of nitrogens with one attached hydrogen (secondary N) is 2. The van der Waals surface area contributed by atoms with E-state index in [2.05, 4.69) is 20.8 Å². The third-order valence-corrected chi connectivity index (χ3v) is 5.43. The summed E-state index contributed by atoms with van der Waals surface area (Å²) in [7, 11) is 0. The molecule has 0 saturated carbocycles. The molecule has 3 aromatic rings. The molecule has 0 aliphatic carbocycles. The van der Waals surface area contributed by atoms with Gasteiger partial charge >= 0.3 is 0 Å². The van der Waals surface area contributed by atoms with E-state index in [9.17, 15) is 9.59 Å². The third kappa shape index (κ3) is 5.71. The minimum absolute atomic E-state index is 0.127. The molecule has 2 unspecified atom stereocenters. The van der Waals surface area contributed by atoms with Gasteiger partial charge < -0.3 is 19.7 Å². The maximum absolute atomic E-state index is 12.3. The molecule has 1 aromatic carbocycles. The molecule has 0 spiro atoms. The van der Waals surface area contributed by atoms with Gasteiger partial charge in [-0.25, -0.2) is 4.98 Å². The highest BCUT2D eigenvalue weighted by Crippen LogP contribution is 2.17. The summed E-state index contributed by atoms with van der Waals surface area (Å²) in [5, 5.41) is 8.95. The van der Waals surface area contributed by atoms with Crippen molar-refractivity contribution >= 4 is 29.4 Å². The van der Waals surface area contributed by atoms with Crippen LogP contribution in [0.3, 0.4) is 0 Å². The molecule has 2 aromatic heterocycles. The number of hydrogen-bond acceptors (Lipinski definition) is 6. The standard InChI is InChI=1S/C20H23N5O3S/c1-13-10-18(24-28-13)23-20(27)15(3)29-11-19(26)22-14(2)16-4-6-17(7-5-16)25-9-8-21-12-25/h4-10,12,14-15H,11H2,1-3H3,(H,22,26)(H,23,24,27). The van der Waals surface area contributed by atoms with Crippen LogP contribution in [0.2, 0.25) is 0 Å². The smallest absolute Gasteiger partial charge is 0.238 e. The van der Waals surface area contributed by atoms with Crippen LogP contribution < -0.4 is 10.6 Å². The first-order chi connectivity index (χ1) is 13.9. The van der Waals surface area contributed by atoms with E-state index in [1.165, 1.54) is 11.8 Å². The van der Waals surface area contributed by atoms with Gasteiger partial charge in [0.2, 0.25) is 11.8 Å². The number of nitrogens with zero attached hydrogens (tertiary/aromatic N) is 3. The number of rotatable bonds is 8. The lowest BCUT2D eigenvalue weighted by atomic mass is 10.1. The number of amides is 2. The maximum atomic E-state index is 12.3. The largest absolute Gasteiger partial charge is 0.360 e. The van der Waals surface area contributed by atoms with E-state index in [0.717, 1.165) is 11.3 Å². The molecule has 0 saturated heterocycles. The fraction of sp³-hybridized carbons (Fsp3) is 0.300. The van der Waals surface area contributed by atoms with Gasteiger partial charge in [0, 0.05) is 24.1 Å². The van der Waals surface area contributed by atoms with Crippen molar-refractivity contribution in [1.82, 2.24) is 20.0 Å². The summed E-state index contributed by atoms with van der Waals surface area (Å²) in [6.45, 7) is 5.42. The lowest BCUT2D eigenvalue weighted by molar-refractivity contribution is -0.119. The molecule has 2 atom stereocenters. The number of thioether (sulfide) groups is 1. The molecule has 0 radical (unpaired) electrons. The number of aromatic nitrogens is 3. The third-order valence-electron chi connectivity index (χ3n) is 4.29. The van der Waals surface area contributed by atoms with Gasteiger partial charge in [0.1, 0.15) is 5.76 Å². The van der Waals surface area contributed by atoms with Crippen molar-refractivity contribution in [2.45, 2.75) is 32.1 Å². The van der Waals surface area contributed by atoms with Crippen LogP contribution in [0.15, 0.2) is 53.6 Å². The highest BCUT2D eigenvalue weighted by molar-refractivity contribution is 8.01. The fourth-order valence-electron chi connectivity index (χ4n) is 2.64. The van der Waals surface area contributed by atoms with Crippen LogP contribution in [-0.2, 0) is 9.59 Å². The topological polar surface area (TPSA) is 102 Å². The monoisotopic (exact) mass is 413 g/mol. The summed E-state index contributed by atoms with van der Waals surface area (Å²) in [6.07, 6.45) is 5.33. The summed E-state index contributed by atoms with van der Waals surface area (Å²) in [6, 6.07) is 9.41. The Morgan fingerprint density at radius 1 is 1.24 bits per heavy atom. The molecule has 0 aliphatic heterocycles. The van der Waals surface area contributed by atoms with Crippen LogP contribution in [-0.4, -0.2) is 37.5 Å². The first kappa shape index (κ1) is 20.7. The average molecular weight is 414 g/mol. The van der Waals surface area contributed by atoms with Crippen molar-refractivity contribution in [2.24, 2.45) is 0 Å². The predicted molar refractivity (Wildman–Crippen MR) is 112 cm³/mol. The van der Waals surface area contributed by atoms with Gasteiger partial charge in [0.15, 0.2) is 5.82 Å². The van der Waals surface area contributed by atoms with Crippen LogP contribution in [0.1, 0.15) is 31.2 Å². The Kier molecular flexibility index (Phi) is 6.71. The summed E-state index contributed by atoms with van der Waals surface area (Å²) >= 11 is 1.26. The van der Waals surface area contributed by atoms with Gasteiger partial charge in [0.25, 0.3) is 0 Å². The summed E-state index contributed by atoms with van der Waals surface area (Å²) in [4.78, 5) is 28.5. The average Bonchev–Trinajstić information content (AvgIpc) is 3.38. The molecule has 9 heteroatoms. The molecule has 0 bridgehead atoms. The van der Waals surface area contributed by atoms with Crippen molar-refractivity contribution in [3.63, 3.8) is 0 Å². The molecule has 3 rings (SSSR count). The number of anilines is 1. The Bertz CT molecular complexity index is 953. The fourth-order valence-corrected chi connectivity index (χ4v) is 3.34. The Morgan fingerprint density at radius 3 is 2.62 bits per heavy atom. The highest BCUT2D eigenvalue weighted by Gasteiger charge is 2.18. The first-order valence-electron chi connectivity index (χ1n) is 9.16. The lowest BCUT2D eigenvalue weighted by Crippen LogP contribution is -2.30. The van der Waals surface area contributed by atoms with Crippen molar-refractivity contribution < 1.29 is 14.1 Å². The van der Waals surface area contributed by atoms with Crippen molar-refractivity contribution in [1.29, 1.82) is 0 Å². The Morgan fingerprint density at radius 2 is 2.00 bits per heavy atom. The molecule has 0 fully saturated rings. The van der Waals surface area contributed by atoms with Crippen molar-refractivity contribution in [2.75, 3.05) is 11.1 Å². The van der Waals surface area contributed by atoms with E-state index in [1.807, 2.05) is 42.0 Å². The molecule has 2 amide bonds. The second-order valence-electron chi connectivity index (χ2n) is 6.62. The molecular weight excluding hydrogens is 390 g/mol. The van der Waals surface area contributed by atoms with E-state index < -0.39 is 5.25 Å². The van der Waals surface area contributed by atoms with E-state index in [0.29, 0.717) is 11.6 Å². The summed E-state index contributed by atoms with van der Waals surface area (Å²) in [5.74, 6) is 0.825. The quantitative estimate of drug-likeness (QED) is 0.588. The summed E-state index contributed by atoms with van der Waals surface area (Å²) in [5.41, 5.74) is 2.00. The van der Waals surface area contributed by atoms with Crippen LogP contribution in [0, 0.1) is 6.92 Å². The van der Waals surface area contributed by atoms with Crippen molar-refractivity contribution in [3.8, 4) is 5.69 Å². The van der Waals surface area contributed by atoms with Crippen LogP contribution >= 0.6 is 11.8 Å². The van der Waals surface area contributed by atoms with Crippen LogP contribution in [0.5, 0.6) is 0 Å². The van der Waals surface area contributed by atoms with Crippen LogP contribution in [0.4, 0.5) is 5.82 Å². The second-order valence-corrected chi connectivity index (χ2v) is 7.95. The van der Waals surface area contributed by atoms with Gasteiger partial charge in [-0.2, -0.15) is 0 Å².